The van der Waals surface area contributed by atoms with Gasteiger partial charge in [-0.1, -0.05) is 18.2 Å². The molecule has 4 aromatic rings. The molecular formula is C35H37FN8O. The van der Waals surface area contributed by atoms with Gasteiger partial charge in [0.15, 0.2) is 11.6 Å². The molecule has 3 aliphatic rings. The van der Waals surface area contributed by atoms with Crippen molar-refractivity contribution < 1.29 is 9.18 Å². The Labute approximate surface area is 262 Å². The molecule has 10 heteroatoms. The van der Waals surface area contributed by atoms with Gasteiger partial charge in [-0.15, -0.1) is 0 Å². The summed E-state index contributed by atoms with van der Waals surface area (Å²) in [7, 11) is 1.93. The van der Waals surface area contributed by atoms with E-state index < -0.39 is 0 Å². The van der Waals surface area contributed by atoms with Crippen molar-refractivity contribution in [2.75, 3.05) is 48.8 Å². The second kappa shape index (κ2) is 11.0. The van der Waals surface area contributed by atoms with Gasteiger partial charge in [-0.25, -0.2) is 14.4 Å². The van der Waals surface area contributed by atoms with Crippen LogP contribution < -0.4 is 21.3 Å². The van der Waals surface area contributed by atoms with Gasteiger partial charge < -0.3 is 26.2 Å². The number of pyridine rings is 2. The number of anilines is 4. The predicted molar refractivity (Wildman–Crippen MR) is 177 cm³/mol. The minimum Gasteiger partial charge on any atom is -0.383 e. The van der Waals surface area contributed by atoms with Crippen molar-refractivity contribution in [3.63, 3.8) is 0 Å². The topological polar surface area (TPSA) is 117 Å². The van der Waals surface area contributed by atoms with Crippen LogP contribution in [-0.2, 0) is 10.3 Å². The van der Waals surface area contributed by atoms with Crippen LogP contribution in [0, 0.1) is 11.2 Å². The molecule has 1 aliphatic carbocycles. The fourth-order valence-corrected chi connectivity index (χ4v) is 6.68. The van der Waals surface area contributed by atoms with E-state index in [0.717, 1.165) is 56.7 Å². The third kappa shape index (κ3) is 5.18. The summed E-state index contributed by atoms with van der Waals surface area (Å²) < 4.78 is 16.2. The Hall–Kier alpha value is -4.83. The SMILES string of the molecule is CC(=O)N1CC2(C1)CN(c1cccc(-c3ccc(/N=C/c4cccnc4N)c(N(C)c4ccc(C5(N)CCC5)cc4)n3)c1F)C2. The first-order valence-corrected chi connectivity index (χ1v) is 15.3. The molecule has 1 saturated carbocycles. The minimum atomic E-state index is -0.311. The molecule has 0 atom stereocenters. The van der Waals surface area contributed by atoms with Crippen LogP contribution in [0.3, 0.4) is 0 Å². The molecule has 45 heavy (non-hydrogen) atoms. The number of nitrogen functional groups attached to an aromatic ring is 1. The van der Waals surface area contributed by atoms with E-state index in [1.54, 1.807) is 37.5 Å². The molecule has 9 nitrogen and oxygen atoms in total. The van der Waals surface area contributed by atoms with Crippen molar-refractivity contribution in [1.29, 1.82) is 0 Å². The first-order chi connectivity index (χ1) is 21.6. The van der Waals surface area contributed by atoms with E-state index in [2.05, 4.69) is 17.1 Å². The smallest absolute Gasteiger partial charge is 0.219 e. The number of aromatic nitrogens is 2. The van der Waals surface area contributed by atoms with Crippen LogP contribution in [0.1, 0.15) is 37.3 Å². The molecular weight excluding hydrogens is 567 g/mol. The van der Waals surface area contributed by atoms with Gasteiger partial charge in [0.2, 0.25) is 5.91 Å². The molecule has 1 amide bonds. The van der Waals surface area contributed by atoms with Crippen molar-refractivity contribution in [3.8, 4) is 11.3 Å². The van der Waals surface area contributed by atoms with E-state index in [1.807, 2.05) is 58.1 Å². The molecule has 3 fully saturated rings. The lowest BCUT2D eigenvalue weighted by atomic mass is 9.72. The van der Waals surface area contributed by atoms with E-state index in [4.69, 9.17) is 21.4 Å². The number of hydrogen-bond donors (Lipinski definition) is 2. The molecule has 7 rings (SSSR count). The number of hydrogen-bond acceptors (Lipinski definition) is 8. The first kappa shape index (κ1) is 28.9. The van der Waals surface area contributed by atoms with Crippen molar-refractivity contribution >= 4 is 40.8 Å². The molecule has 1 spiro atoms. The lowest BCUT2D eigenvalue weighted by Crippen LogP contribution is -2.73. The van der Waals surface area contributed by atoms with Crippen LogP contribution in [-0.4, -0.2) is 60.2 Å². The fourth-order valence-electron chi connectivity index (χ4n) is 6.68. The standard InChI is InChI=1S/C35H37FN8O/c1-23(45)43-19-34(20-43)21-44(22-34)30-8-3-7-27(31(30)36)28-13-14-29(40-18-24-6-4-17-39-32(24)37)33(41-28)42(2)26-11-9-25(10-12-26)35(38)15-5-16-35/h3-4,6-14,17-18H,5,15-16,19-22,38H2,1-2H3,(H2,37,39)/b40-18+. The lowest BCUT2D eigenvalue weighted by Gasteiger charge is -2.60. The van der Waals surface area contributed by atoms with Crippen LogP contribution in [0.4, 0.5) is 33.1 Å². The average molecular weight is 605 g/mol. The monoisotopic (exact) mass is 604 g/mol. The van der Waals surface area contributed by atoms with Crippen LogP contribution in [0.5, 0.6) is 0 Å². The quantitative estimate of drug-likeness (QED) is 0.272. The van der Waals surface area contributed by atoms with Crippen molar-refractivity contribution in [1.82, 2.24) is 14.9 Å². The number of rotatable bonds is 7. The van der Waals surface area contributed by atoms with E-state index in [0.29, 0.717) is 39.8 Å². The average Bonchev–Trinajstić information content (AvgIpc) is 2.98. The Kier molecular flexibility index (Phi) is 7.04. The summed E-state index contributed by atoms with van der Waals surface area (Å²) in [6, 6.07) is 21.0. The largest absolute Gasteiger partial charge is 0.383 e. The number of aliphatic imine (C=N–C) groups is 1. The molecule has 0 unspecified atom stereocenters. The van der Waals surface area contributed by atoms with Gasteiger partial charge >= 0.3 is 0 Å². The molecule has 4 N–H and O–H groups in total. The minimum absolute atomic E-state index is 0.0668. The lowest BCUT2D eigenvalue weighted by molar-refractivity contribution is -0.142. The summed E-state index contributed by atoms with van der Waals surface area (Å²) in [6.45, 7) is 4.51. The second-order valence-electron chi connectivity index (χ2n) is 12.8. The maximum atomic E-state index is 16.2. The van der Waals surface area contributed by atoms with Gasteiger partial charge in [-0.05, 0) is 73.4 Å². The third-order valence-electron chi connectivity index (χ3n) is 9.61. The number of carbonyl (C=O) groups is 1. The van der Waals surface area contributed by atoms with E-state index >= 15 is 4.39 Å². The third-order valence-corrected chi connectivity index (χ3v) is 9.61. The zero-order valence-electron chi connectivity index (χ0n) is 25.6. The Morgan fingerprint density at radius 1 is 1.02 bits per heavy atom. The Bertz CT molecular complexity index is 1790. The summed E-state index contributed by atoms with van der Waals surface area (Å²) >= 11 is 0. The van der Waals surface area contributed by atoms with Gasteiger partial charge in [0.1, 0.15) is 11.5 Å². The first-order valence-electron chi connectivity index (χ1n) is 15.3. The van der Waals surface area contributed by atoms with Gasteiger partial charge in [-0.2, -0.15) is 0 Å². The Morgan fingerprint density at radius 3 is 2.44 bits per heavy atom. The van der Waals surface area contributed by atoms with Crippen molar-refractivity contribution in [3.05, 3.63) is 89.9 Å². The van der Waals surface area contributed by atoms with E-state index in [-0.39, 0.29) is 22.7 Å². The van der Waals surface area contributed by atoms with E-state index in [9.17, 15) is 4.79 Å². The molecule has 0 bridgehead atoms. The molecule has 2 aromatic heterocycles. The Morgan fingerprint density at radius 2 is 1.78 bits per heavy atom. The summed E-state index contributed by atoms with van der Waals surface area (Å²) in [5.41, 5.74) is 17.2. The number of carbonyl (C=O) groups excluding carboxylic acids is 1. The highest BCUT2D eigenvalue weighted by Crippen LogP contribution is 2.44. The van der Waals surface area contributed by atoms with Crippen LogP contribution in [0.2, 0.25) is 0 Å². The van der Waals surface area contributed by atoms with Crippen molar-refractivity contribution in [2.24, 2.45) is 16.1 Å². The molecule has 0 radical (unpaired) electrons. The highest BCUT2D eigenvalue weighted by Gasteiger charge is 2.53. The number of benzene rings is 2. The number of nitrogens with two attached hydrogens (primary N) is 2. The van der Waals surface area contributed by atoms with Gasteiger partial charge in [0.05, 0.1) is 11.4 Å². The normalized spacial score (nSPS) is 18.0. The van der Waals surface area contributed by atoms with Gasteiger partial charge in [0.25, 0.3) is 0 Å². The predicted octanol–water partition coefficient (Wildman–Crippen LogP) is 5.39. The second-order valence-corrected chi connectivity index (χ2v) is 12.8. The number of amides is 1. The van der Waals surface area contributed by atoms with Gasteiger partial charge in [-0.3, -0.25) is 9.79 Å². The molecule has 2 aliphatic heterocycles. The summed E-state index contributed by atoms with van der Waals surface area (Å²) in [5.74, 6) is 0.726. The summed E-state index contributed by atoms with van der Waals surface area (Å²) in [6.07, 6.45) is 6.43. The summed E-state index contributed by atoms with van der Waals surface area (Å²) in [4.78, 5) is 31.4. The fraction of sp³-hybridized carbons (Fsp3) is 0.314. The molecule has 230 valence electrons. The molecule has 2 aromatic carbocycles. The highest BCUT2D eigenvalue weighted by atomic mass is 19.1. The van der Waals surface area contributed by atoms with Gasteiger partial charge in [0, 0.05) is 80.3 Å². The molecule has 2 saturated heterocycles. The van der Waals surface area contributed by atoms with Crippen LogP contribution in [0.25, 0.3) is 11.3 Å². The maximum absolute atomic E-state index is 16.2. The maximum Gasteiger partial charge on any atom is 0.219 e. The highest BCUT2D eigenvalue weighted by molar-refractivity contribution is 5.89. The number of nitrogens with zero attached hydrogens (tertiary/aromatic N) is 6. The number of halogens is 1. The van der Waals surface area contributed by atoms with Crippen LogP contribution in [0.15, 0.2) is 77.9 Å². The zero-order valence-corrected chi connectivity index (χ0v) is 25.6. The summed E-state index contributed by atoms with van der Waals surface area (Å²) in [5, 5.41) is 0. The Balaban J connectivity index is 1.21. The van der Waals surface area contributed by atoms with E-state index in [1.165, 1.54) is 0 Å². The zero-order chi connectivity index (χ0) is 31.3. The van der Waals surface area contributed by atoms with Crippen molar-refractivity contribution in [2.45, 2.75) is 31.7 Å². The van der Waals surface area contributed by atoms with Crippen LogP contribution >= 0.6 is 0 Å². The molecule has 4 heterocycles. The number of likely N-dealkylation sites (tertiary alicyclic amines) is 1.